The number of benzene rings is 1. The van der Waals surface area contributed by atoms with E-state index in [1.807, 2.05) is 6.07 Å². The maximum absolute atomic E-state index is 12.6. The van der Waals surface area contributed by atoms with Crippen LogP contribution in [-0.4, -0.2) is 33.9 Å². The number of anilines is 1. The maximum atomic E-state index is 12.6. The summed E-state index contributed by atoms with van der Waals surface area (Å²) in [6, 6.07) is 14.2. The van der Waals surface area contributed by atoms with Gasteiger partial charge in [-0.3, -0.25) is 4.79 Å². The Morgan fingerprint density at radius 2 is 1.96 bits per heavy atom. The molecule has 0 spiro atoms. The second-order valence-electron chi connectivity index (χ2n) is 5.54. The molecule has 0 fully saturated rings. The molecule has 0 aliphatic rings. The molecule has 1 atom stereocenters. The molecule has 3 rings (SSSR count). The standard InChI is InChI=1S/C19H17N5O3/c1-13(27-16-8-6-15(26-2)7-9-16)19(25)23-18-14(11-20)12-22-24(18)17-5-3-4-10-21-17/h3-10,12-13H,1-2H3,(H,23,25). The Morgan fingerprint density at radius 1 is 1.22 bits per heavy atom. The fraction of sp³-hybridized carbons (Fsp3) is 0.158. The van der Waals surface area contributed by atoms with Crippen LogP contribution in [0.4, 0.5) is 5.82 Å². The number of amides is 1. The second kappa shape index (κ2) is 8.01. The van der Waals surface area contributed by atoms with Crippen molar-refractivity contribution in [2.45, 2.75) is 13.0 Å². The third kappa shape index (κ3) is 4.04. The first-order valence-electron chi connectivity index (χ1n) is 8.13. The van der Waals surface area contributed by atoms with Crippen LogP contribution in [-0.2, 0) is 4.79 Å². The van der Waals surface area contributed by atoms with Crippen molar-refractivity contribution in [3.05, 3.63) is 60.4 Å². The van der Waals surface area contributed by atoms with Crippen LogP contribution >= 0.6 is 0 Å². The highest BCUT2D eigenvalue weighted by Gasteiger charge is 2.20. The largest absolute Gasteiger partial charge is 0.497 e. The number of carbonyl (C=O) groups is 1. The summed E-state index contributed by atoms with van der Waals surface area (Å²) in [7, 11) is 1.57. The van der Waals surface area contributed by atoms with Gasteiger partial charge in [0, 0.05) is 6.20 Å². The van der Waals surface area contributed by atoms with Gasteiger partial charge in [0.2, 0.25) is 0 Å². The highest BCUT2D eigenvalue weighted by molar-refractivity contribution is 5.94. The monoisotopic (exact) mass is 363 g/mol. The number of nitriles is 1. The van der Waals surface area contributed by atoms with E-state index in [9.17, 15) is 10.1 Å². The molecular weight excluding hydrogens is 346 g/mol. The van der Waals surface area contributed by atoms with Crippen LogP contribution in [0.3, 0.4) is 0 Å². The third-order valence-electron chi connectivity index (χ3n) is 3.74. The number of hydrogen-bond acceptors (Lipinski definition) is 6. The molecule has 0 aliphatic carbocycles. The Morgan fingerprint density at radius 3 is 2.59 bits per heavy atom. The van der Waals surface area contributed by atoms with Gasteiger partial charge in [-0.1, -0.05) is 6.07 Å². The minimum atomic E-state index is -0.794. The highest BCUT2D eigenvalue weighted by atomic mass is 16.5. The molecule has 136 valence electrons. The molecule has 8 nitrogen and oxygen atoms in total. The lowest BCUT2D eigenvalue weighted by Gasteiger charge is -2.15. The summed E-state index contributed by atoms with van der Waals surface area (Å²) in [6.07, 6.45) is 2.18. The van der Waals surface area contributed by atoms with E-state index in [0.717, 1.165) is 0 Å². The molecule has 0 saturated carbocycles. The van der Waals surface area contributed by atoms with E-state index in [-0.39, 0.29) is 11.4 Å². The van der Waals surface area contributed by atoms with Crippen LogP contribution in [0.1, 0.15) is 12.5 Å². The topological polar surface area (TPSA) is 102 Å². The minimum absolute atomic E-state index is 0.227. The lowest BCUT2D eigenvalue weighted by molar-refractivity contribution is -0.122. The number of pyridine rings is 1. The Bertz CT molecular complexity index is 961. The van der Waals surface area contributed by atoms with Crippen molar-refractivity contribution >= 4 is 11.7 Å². The summed E-state index contributed by atoms with van der Waals surface area (Å²) in [6.45, 7) is 1.62. The van der Waals surface area contributed by atoms with E-state index in [0.29, 0.717) is 17.3 Å². The summed E-state index contributed by atoms with van der Waals surface area (Å²) in [5.41, 5.74) is 0.227. The highest BCUT2D eigenvalue weighted by Crippen LogP contribution is 2.21. The van der Waals surface area contributed by atoms with E-state index in [1.54, 1.807) is 62.7 Å². The van der Waals surface area contributed by atoms with Crippen LogP contribution in [0.2, 0.25) is 0 Å². The molecule has 2 aromatic heterocycles. The van der Waals surface area contributed by atoms with Gasteiger partial charge in [-0.25, -0.2) is 4.98 Å². The van der Waals surface area contributed by atoms with Gasteiger partial charge in [-0.2, -0.15) is 15.0 Å². The van der Waals surface area contributed by atoms with Gasteiger partial charge >= 0.3 is 0 Å². The van der Waals surface area contributed by atoms with Gasteiger partial charge in [-0.05, 0) is 43.3 Å². The van der Waals surface area contributed by atoms with Gasteiger partial charge in [0.05, 0.1) is 13.3 Å². The number of methoxy groups -OCH3 is 1. The molecule has 1 N–H and O–H groups in total. The Labute approximate surface area is 156 Å². The zero-order valence-electron chi connectivity index (χ0n) is 14.8. The SMILES string of the molecule is COc1ccc(OC(C)C(=O)Nc2c(C#N)cnn2-c2ccccn2)cc1. The summed E-state index contributed by atoms with van der Waals surface area (Å²) in [5, 5.41) is 16.1. The predicted molar refractivity (Wildman–Crippen MR) is 97.8 cm³/mol. The first kappa shape index (κ1) is 17.9. The zero-order valence-corrected chi connectivity index (χ0v) is 14.8. The minimum Gasteiger partial charge on any atom is -0.497 e. The van der Waals surface area contributed by atoms with Crippen LogP contribution < -0.4 is 14.8 Å². The number of nitrogens with zero attached hydrogens (tertiary/aromatic N) is 4. The van der Waals surface area contributed by atoms with E-state index in [1.165, 1.54) is 10.9 Å². The number of ether oxygens (including phenoxy) is 2. The van der Waals surface area contributed by atoms with E-state index < -0.39 is 12.0 Å². The molecule has 1 unspecified atom stereocenters. The van der Waals surface area contributed by atoms with Crippen molar-refractivity contribution in [2.24, 2.45) is 0 Å². The summed E-state index contributed by atoms with van der Waals surface area (Å²) < 4.78 is 12.1. The van der Waals surface area contributed by atoms with Crippen molar-refractivity contribution < 1.29 is 14.3 Å². The molecule has 0 radical (unpaired) electrons. The lowest BCUT2D eigenvalue weighted by Crippen LogP contribution is -2.31. The summed E-state index contributed by atoms with van der Waals surface area (Å²) in [4.78, 5) is 16.7. The molecule has 27 heavy (non-hydrogen) atoms. The molecule has 0 bridgehead atoms. The average molecular weight is 363 g/mol. The number of hydrogen-bond donors (Lipinski definition) is 1. The molecular formula is C19H17N5O3. The van der Waals surface area contributed by atoms with Crippen molar-refractivity contribution in [2.75, 3.05) is 12.4 Å². The number of carbonyl (C=O) groups excluding carboxylic acids is 1. The second-order valence-corrected chi connectivity index (χ2v) is 5.54. The molecule has 1 aromatic carbocycles. The van der Waals surface area contributed by atoms with Crippen molar-refractivity contribution in [1.82, 2.24) is 14.8 Å². The van der Waals surface area contributed by atoms with Gasteiger partial charge < -0.3 is 14.8 Å². The van der Waals surface area contributed by atoms with Crippen LogP contribution in [0.5, 0.6) is 11.5 Å². The fourth-order valence-electron chi connectivity index (χ4n) is 2.33. The lowest BCUT2D eigenvalue weighted by atomic mass is 10.3. The Balaban J connectivity index is 1.77. The number of nitrogens with one attached hydrogen (secondary N) is 1. The average Bonchev–Trinajstić information content (AvgIpc) is 3.11. The van der Waals surface area contributed by atoms with Gasteiger partial charge in [0.1, 0.15) is 23.1 Å². The summed E-state index contributed by atoms with van der Waals surface area (Å²) in [5.74, 6) is 1.53. The normalized spacial score (nSPS) is 11.3. The van der Waals surface area contributed by atoms with Crippen LogP contribution in [0.15, 0.2) is 54.9 Å². The first-order chi connectivity index (χ1) is 13.1. The molecule has 0 saturated heterocycles. The van der Waals surface area contributed by atoms with Crippen molar-refractivity contribution in [3.63, 3.8) is 0 Å². The van der Waals surface area contributed by atoms with Gasteiger partial charge in [0.15, 0.2) is 17.7 Å². The van der Waals surface area contributed by atoms with Crippen LogP contribution in [0.25, 0.3) is 5.82 Å². The zero-order chi connectivity index (χ0) is 19.2. The number of aromatic nitrogens is 3. The van der Waals surface area contributed by atoms with E-state index >= 15 is 0 Å². The Hall–Kier alpha value is -3.86. The van der Waals surface area contributed by atoms with E-state index in [2.05, 4.69) is 15.4 Å². The van der Waals surface area contributed by atoms with Crippen molar-refractivity contribution in [3.8, 4) is 23.4 Å². The molecule has 8 heteroatoms. The van der Waals surface area contributed by atoms with Gasteiger partial charge in [-0.15, -0.1) is 0 Å². The molecule has 1 amide bonds. The maximum Gasteiger partial charge on any atom is 0.266 e. The quantitative estimate of drug-likeness (QED) is 0.722. The third-order valence-corrected chi connectivity index (χ3v) is 3.74. The van der Waals surface area contributed by atoms with E-state index in [4.69, 9.17) is 9.47 Å². The van der Waals surface area contributed by atoms with Gasteiger partial charge in [0.25, 0.3) is 5.91 Å². The molecule has 2 heterocycles. The number of rotatable bonds is 6. The van der Waals surface area contributed by atoms with Crippen LogP contribution in [0, 0.1) is 11.3 Å². The summed E-state index contributed by atoms with van der Waals surface area (Å²) >= 11 is 0. The molecule has 0 aliphatic heterocycles. The predicted octanol–water partition coefficient (Wildman–Crippen LogP) is 2.55. The van der Waals surface area contributed by atoms with Crippen molar-refractivity contribution in [1.29, 1.82) is 5.26 Å². The molecule has 3 aromatic rings. The smallest absolute Gasteiger partial charge is 0.266 e. The first-order valence-corrected chi connectivity index (χ1v) is 8.13. The Kier molecular flexibility index (Phi) is 5.33. The fourth-order valence-corrected chi connectivity index (χ4v) is 2.33.